The molecule has 0 bridgehead atoms. The third kappa shape index (κ3) is 4.90. The number of rotatable bonds is 6. The summed E-state index contributed by atoms with van der Waals surface area (Å²) >= 11 is 6.18. The molecule has 5 heteroatoms. The number of benzene rings is 1. The van der Waals surface area contributed by atoms with Crippen molar-refractivity contribution >= 4 is 23.6 Å². The van der Waals surface area contributed by atoms with Crippen molar-refractivity contribution in [2.24, 2.45) is 0 Å². The quantitative estimate of drug-likeness (QED) is 0.599. The molecule has 0 saturated carbocycles. The molecule has 1 aromatic heterocycles. The highest BCUT2D eigenvalue weighted by molar-refractivity contribution is 6.32. The van der Waals surface area contributed by atoms with Crippen molar-refractivity contribution in [3.63, 3.8) is 0 Å². The van der Waals surface area contributed by atoms with E-state index in [0.29, 0.717) is 24.0 Å². The van der Waals surface area contributed by atoms with E-state index in [9.17, 15) is 4.79 Å². The number of nitrogens with zero attached hydrogens (tertiary/aromatic N) is 1. The van der Waals surface area contributed by atoms with Crippen LogP contribution in [0.1, 0.15) is 18.1 Å². The van der Waals surface area contributed by atoms with Gasteiger partial charge in [0.05, 0.1) is 11.6 Å². The van der Waals surface area contributed by atoms with E-state index in [1.165, 1.54) is 6.08 Å². The summed E-state index contributed by atoms with van der Waals surface area (Å²) in [4.78, 5) is 15.3. The Morgan fingerprint density at radius 3 is 2.91 bits per heavy atom. The van der Waals surface area contributed by atoms with Crippen molar-refractivity contribution in [2.45, 2.75) is 13.5 Å². The molecular formula is C17H16ClNO3. The van der Waals surface area contributed by atoms with Crippen LogP contribution < -0.4 is 4.74 Å². The number of halogens is 1. The lowest BCUT2D eigenvalue weighted by molar-refractivity contribution is -0.137. The summed E-state index contributed by atoms with van der Waals surface area (Å²) in [6.45, 7) is 2.51. The number of ether oxygens (including phenoxy) is 2. The second kappa shape index (κ2) is 8.20. The van der Waals surface area contributed by atoms with Gasteiger partial charge in [0.1, 0.15) is 12.4 Å². The molecule has 0 aliphatic heterocycles. The average Bonchev–Trinajstić information content (AvgIpc) is 2.53. The molecule has 2 rings (SSSR count). The number of pyridine rings is 1. The standard InChI is InChI=1S/C17H16ClNO3/c1-2-21-17(20)8-6-13-5-7-16(15(18)10-13)22-12-14-4-3-9-19-11-14/h3-11H,2,12H2,1H3/b8-6+. The molecule has 0 N–H and O–H groups in total. The zero-order valence-corrected chi connectivity index (χ0v) is 12.9. The summed E-state index contributed by atoms with van der Waals surface area (Å²) in [7, 11) is 0. The zero-order valence-electron chi connectivity index (χ0n) is 12.2. The van der Waals surface area contributed by atoms with Crippen LogP contribution in [-0.4, -0.2) is 17.6 Å². The van der Waals surface area contributed by atoms with Gasteiger partial charge in [0.2, 0.25) is 0 Å². The molecule has 0 aliphatic rings. The Morgan fingerprint density at radius 1 is 1.36 bits per heavy atom. The highest BCUT2D eigenvalue weighted by Gasteiger charge is 2.03. The van der Waals surface area contributed by atoms with Gasteiger partial charge >= 0.3 is 5.97 Å². The molecule has 114 valence electrons. The van der Waals surface area contributed by atoms with E-state index >= 15 is 0 Å². The van der Waals surface area contributed by atoms with Crippen molar-refractivity contribution in [3.05, 3.63) is 65.0 Å². The average molecular weight is 318 g/mol. The van der Waals surface area contributed by atoms with E-state index < -0.39 is 0 Å². The number of esters is 1. The van der Waals surface area contributed by atoms with Gasteiger partial charge in [-0.2, -0.15) is 0 Å². The lowest BCUT2D eigenvalue weighted by atomic mass is 10.2. The second-order valence-electron chi connectivity index (χ2n) is 4.43. The minimum Gasteiger partial charge on any atom is -0.487 e. The van der Waals surface area contributed by atoms with Crippen molar-refractivity contribution in [1.82, 2.24) is 4.98 Å². The Balaban J connectivity index is 1.99. The van der Waals surface area contributed by atoms with Crippen LogP contribution in [0.3, 0.4) is 0 Å². The maximum Gasteiger partial charge on any atom is 0.330 e. The zero-order chi connectivity index (χ0) is 15.8. The third-order valence-electron chi connectivity index (χ3n) is 2.77. The van der Waals surface area contributed by atoms with Crippen LogP contribution in [-0.2, 0) is 16.1 Å². The molecule has 4 nitrogen and oxygen atoms in total. The van der Waals surface area contributed by atoms with Gasteiger partial charge < -0.3 is 9.47 Å². The van der Waals surface area contributed by atoms with Crippen LogP contribution in [0.5, 0.6) is 5.75 Å². The minimum atomic E-state index is -0.379. The van der Waals surface area contributed by atoms with Crippen molar-refractivity contribution in [3.8, 4) is 5.75 Å². The van der Waals surface area contributed by atoms with Crippen LogP contribution >= 0.6 is 11.6 Å². The molecule has 2 aromatic rings. The van der Waals surface area contributed by atoms with E-state index in [2.05, 4.69) is 4.98 Å². The van der Waals surface area contributed by atoms with Gasteiger partial charge in [-0.25, -0.2) is 4.79 Å². The SMILES string of the molecule is CCOC(=O)/C=C/c1ccc(OCc2cccnc2)c(Cl)c1. The fourth-order valence-corrected chi connectivity index (χ4v) is 1.98. The van der Waals surface area contributed by atoms with E-state index in [0.717, 1.165) is 11.1 Å². The monoisotopic (exact) mass is 317 g/mol. The first-order chi connectivity index (χ1) is 10.7. The number of carbonyl (C=O) groups is 1. The molecule has 0 spiro atoms. The fraction of sp³-hybridized carbons (Fsp3) is 0.176. The number of hydrogen-bond acceptors (Lipinski definition) is 4. The normalized spacial score (nSPS) is 10.6. The van der Waals surface area contributed by atoms with Crippen LogP contribution in [0.15, 0.2) is 48.8 Å². The molecule has 0 aliphatic carbocycles. The summed E-state index contributed by atoms with van der Waals surface area (Å²) in [5.74, 6) is 0.203. The molecular weight excluding hydrogens is 302 g/mol. The van der Waals surface area contributed by atoms with E-state index in [1.807, 2.05) is 18.2 Å². The summed E-state index contributed by atoms with van der Waals surface area (Å²) in [5, 5.41) is 0.481. The van der Waals surface area contributed by atoms with Crippen LogP contribution in [0.25, 0.3) is 6.08 Å². The van der Waals surface area contributed by atoms with Gasteiger partial charge in [0.25, 0.3) is 0 Å². The van der Waals surface area contributed by atoms with E-state index in [-0.39, 0.29) is 5.97 Å². The molecule has 0 amide bonds. The largest absolute Gasteiger partial charge is 0.487 e. The van der Waals surface area contributed by atoms with Crippen molar-refractivity contribution in [1.29, 1.82) is 0 Å². The van der Waals surface area contributed by atoms with Crippen LogP contribution in [0.4, 0.5) is 0 Å². The van der Waals surface area contributed by atoms with Gasteiger partial charge in [0, 0.05) is 24.0 Å². The lowest BCUT2D eigenvalue weighted by Crippen LogP contribution is -1.98. The Hall–Kier alpha value is -2.33. The Bertz CT molecular complexity index is 656. The molecule has 0 saturated heterocycles. The van der Waals surface area contributed by atoms with Gasteiger partial charge in [-0.05, 0) is 36.8 Å². The highest BCUT2D eigenvalue weighted by Crippen LogP contribution is 2.26. The molecule has 0 unspecified atom stereocenters. The maximum atomic E-state index is 11.3. The molecule has 1 heterocycles. The molecule has 22 heavy (non-hydrogen) atoms. The number of hydrogen-bond donors (Lipinski definition) is 0. The first kappa shape index (κ1) is 16.0. The van der Waals surface area contributed by atoms with Gasteiger partial charge in [-0.15, -0.1) is 0 Å². The van der Waals surface area contributed by atoms with Crippen molar-refractivity contribution in [2.75, 3.05) is 6.61 Å². The third-order valence-corrected chi connectivity index (χ3v) is 3.07. The maximum absolute atomic E-state index is 11.3. The first-order valence-electron chi connectivity index (χ1n) is 6.85. The fourth-order valence-electron chi connectivity index (χ4n) is 1.74. The highest BCUT2D eigenvalue weighted by atomic mass is 35.5. The Morgan fingerprint density at radius 2 is 2.23 bits per heavy atom. The predicted molar refractivity (Wildman–Crippen MR) is 85.7 cm³/mol. The first-order valence-corrected chi connectivity index (χ1v) is 7.23. The van der Waals surface area contributed by atoms with Crippen molar-refractivity contribution < 1.29 is 14.3 Å². The topological polar surface area (TPSA) is 48.4 Å². The Kier molecular flexibility index (Phi) is 5.98. The van der Waals surface area contributed by atoms with E-state index in [1.54, 1.807) is 37.5 Å². The molecule has 0 radical (unpaired) electrons. The summed E-state index contributed by atoms with van der Waals surface area (Å²) in [6.07, 6.45) is 6.46. The van der Waals surface area contributed by atoms with Crippen LogP contribution in [0.2, 0.25) is 5.02 Å². The predicted octanol–water partition coefficient (Wildman–Crippen LogP) is 3.89. The second-order valence-corrected chi connectivity index (χ2v) is 4.83. The Labute approximate surface area is 134 Å². The summed E-state index contributed by atoms with van der Waals surface area (Å²) in [6, 6.07) is 9.10. The molecule has 1 aromatic carbocycles. The molecule has 0 atom stereocenters. The lowest BCUT2D eigenvalue weighted by Gasteiger charge is -2.08. The van der Waals surface area contributed by atoms with E-state index in [4.69, 9.17) is 21.1 Å². The van der Waals surface area contributed by atoms with Gasteiger partial charge in [-0.3, -0.25) is 4.98 Å². The van der Waals surface area contributed by atoms with Crippen LogP contribution in [0, 0.1) is 0 Å². The number of aromatic nitrogens is 1. The summed E-state index contributed by atoms with van der Waals surface area (Å²) in [5.41, 5.74) is 1.76. The van der Waals surface area contributed by atoms with Gasteiger partial charge in [0.15, 0.2) is 0 Å². The van der Waals surface area contributed by atoms with Gasteiger partial charge in [-0.1, -0.05) is 23.7 Å². The number of carbonyl (C=O) groups excluding carboxylic acids is 1. The summed E-state index contributed by atoms with van der Waals surface area (Å²) < 4.78 is 10.5. The molecule has 0 fully saturated rings. The minimum absolute atomic E-state index is 0.352. The smallest absolute Gasteiger partial charge is 0.330 e.